The van der Waals surface area contributed by atoms with Gasteiger partial charge in [0.25, 0.3) is 0 Å². The number of nitrogens with one attached hydrogen (secondary N) is 1. The number of aliphatic imine (C=N–C) groups is 1. The number of esters is 1. The fraction of sp³-hybridized carbons (Fsp3) is 0.296. The second-order valence-electron chi connectivity index (χ2n) is 8.65. The Morgan fingerprint density at radius 2 is 2.03 bits per heavy atom. The molecule has 0 aliphatic carbocycles. The second-order valence-corrected chi connectivity index (χ2v) is 9.49. The average molecular weight is 506 g/mol. The van der Waals surface area contributed by atoms with Crippen LogP contribution in [-0.4, -0.2) is 35.8 Å². The third-order valence-corrected chi connectivity index (χ3v) is 7.14. The number of amidine groups is 1. The number of amides is 1. The summed E-state index contributed by atoms with van der Waals surface area (Å²) >= 11 is 1.46. The normalized spacial score (nSPS) is 18.0. The van der Waals surface area contributed by atoms with Gasteiger partial charge in [0.2, 0.25) is 12.7 Å². The standard InChI is InChI=1S/C27H27N3O5S/c1-4-20-24(26(32)33-3)25(18-7-5-6-16(2)10-18)30-19(14-36-27(30)29-20)12-23(31)28-13-17-8-9-21-22(11-17)35-15-34-21/h5-11,14,25H,4,12-13,15H2,1-3H3,(H,28,31). The number of ether oxygens (including phenoxy) is 3. The molecule has 1 N–H and O–H groups in total. The molecular weight excluding hydrogens is 478 g/mol. The fourth-order valence-electron chi connectivity index (χ4n) is 4.55. The molecule has 3 aliphatic heterocycles. The zero-order valence-corrected chi connectivity index (χ0v) is 21.2. The molecule has 3 heterocycles. The molecule has 36 heavy (non-hydrogen) atoms. The van der Waals surface area contributed by atoms with Gasteiger partial charge in [-0.2, -0.15) is 0 Å². The largest absolute Gasteiger partial charge is 0.466 e. The van der Waals surface area contributed by atoms with E-state index in [0.717, 1.165) is 27.6 Å². The van der Waals surface area contributed by atoms with Crippen molar-refractivity contribution in [3.05, 3.63) is 81.5 Å². The zero-order chi connectivity index (χ0) is 25.2. The Morgan fingerprint density at radius 3 is 2.81 bits per heavy atom. The maximum atomic E-state index is 13.0. The van der Waals surface area contributed by atoms with Crippen LogP contribution >= 0.6 is 11.8 Å². The van der Waals surface area contributed by atoms with Crippen LogP contribution in [0.2, 0.25) is 0 Å². The van der Waals surface area contributed by atoms with E-state index in [1.807, 2.05) is 60.6 Å². The summed E-state index contributed by atoms with van der Waals surface area (Å²) in [6.07, 6.45) is 0.741. The highest BCUT2D eigenvalue weighted by Crippen LogP contribution is 2.45. The van der Waals surface area contributed by atoms with Crippen LogP contribution in [0.15, 0.2) is 69.8 Å². The van der Waals surface area contributed by atoms with E-state index in [1.165, 1.54) is 18.9 Å². The van der Waals surface area contributed by atoms with Gasteiger partial charge in [-0.05, 0) is 42.0 Å². The molecule has 0 saturated heterocycles. The molecule has 5 rings (SSSR count). The predicted molar refractivity (Wildman–Crippen MR) is 137 cm³/mol. The topological polar surface area (TPSA) is 89.5 Å². The maximum Gasteiger partial charge on any atom is 0.338 e. The zero-order valence-electron chi connectivity index (χ0n) is 20.4. The van der Waals surface area contributed by atoms with Gasteiger partial charge in [-0.3, -0.25) is 4.79 Å². The second kappa shape index (κ2) is 10.1. The molecule has 2 aromatic carbocycles. The number of thioether (sulfide) groups is 1. The molecule has 1 amide bonds. The Hall–Kier alpha value is -3.72. The van der Waals surface area contributed by atoms with Crippen molar-refractivity contribution in [2.45, 2.75) is 39.3 Å². The first-order valence-corrected chi connectivity index (χ1v) is 12.6. The molecule has 0 spiro atoms. The minimum absolute atomic E-state index is 0.131. The van der Waals surface area contributed by atoms with Crippen LogP contribution in [0.4, 0.5) is 0 Å². The van der Waals surface area contributed by atoms with Crippen LogP contribution in [0.25, 0.3) is 0 Å². The first kappa shape index (κ1) is 24.0. The number of nitrogens with zero attached hydrogens (tertiary/aromatic N) is 2. The van der Waals surface area contributed by atoms with Gasteiger partial charge in [0.05, 0.1) is 30.8 Å². The predicted octanol–water partition coefficient (Wildman–Crippen LogP) is 4.57. The average Bonchev–Trinajstić information content (AvgIpc) is 3.52. The fourth-order valence-corrected chi connectivity index (χ4v) is 5.48. The smallest absolute Gasteiger partial charge is 0.338 e. The molecule has 0 saturated carbocycles. The molecular formula is C27H27N3O5S. The van der Waals surface area contributed by atoms with Crippen molar-refractivity contribution in [2.24, 2.45) is 4.99 Å². The van der Waals surface area contributed by atoms with E-state index >= 15 is 0 Å². The van der Waals surface area contributed by atoms with Crippen molar-refractivity contribution < 1.29 is 23.8 Å². The monoisotopic (exact) mass is 505 g/mol. The molecule has 2 aromatic rings. The Bertz CT molecular complexity index is 1320. The summed E-state index contributed by atoms with van der Waals surface area (Å²) in [6.45, 7) is 4.57. The first-order chi connectivity index (χ1) is 17.5. The molecule has 0 bridgehead atoms. The van der Waals surface area contributed by atoms with E-state index in [2.05, 4.69) is 11.4 Å². The van der Waals surface area contributed by atoms with E-state index < -0.39 is 12.0 Å². The van der Waals surface area contributed by atoms with Crippen molar-refractivity contribution in [3.63, 3.8) is 0 Å². The quantitative estimate of drug-likeness (QED) is 0.552. The SMILES string of the molecule is CCC1=C(C(=O)OC)C(c2cccc(C)c2)N2C(CC(=O)NCc3ccc4c(c3)OCO4)=CSC2=N1. The highest BCUT2D eigenvalue weighted by Gasteiger charge is 2.41. The van der Waals surface area contributed by atoms with Crippen LogP contribution in [0.3, 0.4) is 0 Å². The number of allylic oxidation sites excluding steroid dienone is 1. The number of aryl methyl sites for hydroxylation is 1. The molecule has 186 valence electrons. The van der Waals surface area contributed by atoms with Gasteiger partial charge in [-0.15, -0.1) is 0 Å². The lowest BCUT2D eigenvalue weighted by Crippen LogP contribution is -2.38. The Kier molecular flexibility index (Phi) is 6.73. The summed E-state index contributed by atoms with van der Waals surface area (Å²) in [7, 11) is 1.38. The molecule has 1 atom stereocenters. The molecule has 8 nitrogen and oxygen atoms in total. The number of benzene rings is 2. The van der Waals surface area contributed by atoms with Gasteiger partial charge < -0.3 is 24.4 Å². The number of rotatable bonds is 7. The van der Waals surface area contributed by atoms with Crippen molar-refractivity contribution in [1.82, 2.24) is 10.2 Å². The summed E-state index contributed by atoms with van der Waals surface area (Å²) in [5.41, 5.74) is 4.94. The van der Waals surface area contributed by atoms with Gasteiger partial charge in [0.1, 0.15) is 0 Å². The summed E-state index contributed by atoms with van der Waals surface area (Å²) in [5, 5.41) is 5.68. The molecule has 1 unspecified atom stereocenters. The minimum Gasteiger partial charge on any atom is -0.466 e. The Labute approximate surface area is 214 Å². The van der Waals surface area contributed by atoms with Crippen LogP contribution < -0.4 is 14.8 Å². The lowest BCUT2D eigenvalue weighted by Gasteiger charge is -2.36. The van der Waals surface area contributed by atoms with E-state index in [-0.39, 0.29) is 19.1 Å². The highest BCUT2D eigenvalue weighted by atomic mass is 32.2. The summed E-state index contributed by atoms with van der Waals surface area (Å²) < 4.78 is 15.9. The lowest BCUT2D eigenvalue weighted by atomic mass is 9.92. The van der Waals surface area contributed by atoms with Crippen molar-refractivity contribution in [2.75, 3.05) is 13.9 Å². The van der Waals surface area contributed by atoms with Gasteiger partial charge >= 0.3 is 5.97 Å². The number of carbonyl (C=O) groups is 2. The third kappa shape index (κ3) is 4.58. The van der Waals surface area contributed by atoms with Crippen molar-refractivity contribution >= 4 is 28.8 Å². The van der Waals surface area contributed by atoms with E-state index in [4.69, 9.17) is 19.2 Å². The highest BCUT2D eigenvalue weighted by molar-refractivity contribution is 8.16. The minimum atomic E-state index is -0.428. The first-order valence-electron chi connectivity index (χ1n) is 11.7. The number of fused-ring (bicyclic) bond motifs is 2. The number of carbonyl (C=O) groups excluding carboxylic acids is 2. The van der Waals surface area contributed by atoms with Crippen molar-refractivity contribution in [1.29, 1.82) is 0 Å². The van der Waals surface area contributed by atoms with Crippen LogP contribution in [0, 0.1) is 6.92 Å². The van der Waals surface area contributed by atoms with Gasteiger partial charge in [0, 0.05) is 12.2 Å². The Morgan fingerprint density at radius 1 is 1.19 bits per heavy atom. The summed E-state index contributed by atoms with van der Waals surface area (Å²) in [5.74, 6) is 0.845. The van der Waals surface area contributed by atoms with E-state index in [9.17, 15) is 9.59 Å². The van der Waals surface area contributed by atoms with Gasteiger partial charge in [-0.25, -0.2) is 9.79 Å². The Balaban J connectivity index is 1.38. The molecule has 9 heteroatoms. The molecule has 3 aliphatic rings. The molecule has 0 aromatic heterocycles. The van der Waals surface area contributed by atoms with E-state index in [0.29, 0.717) is 35.7 Å². The molecule has 0 radical (unpaired) electrons. The summed E-state index contributed by atoms with van der Waals surface area (Å²) in [6, 6.07) is 13.2. The van der Waals surface area contributed by atoms with Crippen LogP contribution in [0.5, 0.6) is 11.5 Å². The summed E-state index contributed by atoms with van der Waals surface area (Å²) in [4.78, 5) is 32.7. The number of methoxy groups -OCH3 is 1. The van der Waals surface area contributed by atoms with Crippen molar-refractivity contribution in [3.8, 4) is 11.5 Å². The number of hydrogen-bond acceptors (Lipinski definition) is 8. The maximum absolute atomic E-state index is 13.0. The number of hydrogen-bond donors (Lipinski definition) is 1. The van der Waals surface area contributed by atoms with Crippen LogP contribution in [-0.2, 0) is 20.9 Å². The van der Waals surface area contributed by atoms with Gasteiger partial charge in [0.15, 0.2) is 16.7 Å². The third-order valence-electron chi connectivity index (χ3n) is 6.26. The van der Waals surface area contributed by atoms with Gasteiger partial charge in [-0.1, -0.05) is 54.6 Å². The van der Waals surface area contributed by atoms with E-state index in [1.54, 1.807) is 0 Å². The molecule has 0 fully saturated rings. The van der Waals surface area contributed by atoms with Crippen LogP contribution in [0.1, 0.15) is 42.5 Å². The lowest BCUT2D eigenvalue weighted by molar-refractivity contribution is -0.136.